The molecule has 1 aliphatic heterocycles. The minimum Gasteiger partial charge on any atom is -0.466 e. The number of unbranched alkanes of at least 4 members (excludes halogenated alkanes) is 25. The van der Waals surface area contributed by atoms with Gasteiger partial charge < -0.3 is 30.1 Å². The van der Waals surface area contributed by atoms with Crippen molar-refractivity contribution in [2.75, 3.05) is 65.5 Å². The van der Waals surface area contributed by atoms with Gasteiger partial charge in [-0.2, -0.15) is 0 Å². The van der Waals surface area contributed by atoms with Gasteiger partial charge in [0.05, 0.1) is 19.3 Å². The Labute approximate surface area is 395 Å². The van der Waals surface area contributed by atoms with Gasteiger partial charge in [0.25, 0.3) is 0 Å². The molecule has 378 valence electrons. The largest absolute Gasteiger partial charge is 0.466 e. The number of carbonyl (C=O) groups is 3. The summed E-state index contributed by atoms with van der Waals surface area (Å²) in [6.45, 7) is 14.7. The van der Waals surface area contributed by atoms with E-state index in [1.807, 2.05) is 0 Å². The van der Waals surface area contributed by atoms with Crippen LogP contribution in [0.1, 0.15) is 252 Å². The third-order valence-electron chi connectivity index (χ3n) is 13.1. The van der Waals surface area contributed by atoms with Gasteiger partial charge >= 0.3 is 11.9 Å². The average molecular weight is 907 g/mol. The fourth-order valence-electron chi connectivity index (χ4n) is 8.94. The van der Waals surface area contributed by atoms with Crippen LogP contribution in [0.4, 0.5) is 0 Å². The lowest BCUT2D eigenvalue weighted by Gasteiger charge is -2.26. The van der Waals surface area contributed by atoms with Crippen LogP contribution in [0.15, 0.2) is 0 Å². The van der Waals surface area contributed by atoms with Crippen LogP contribution in [-0.4, -0.2) is 110 Å². The van der Waals surface area contributed by atoms with E-state index in [2.05, 4.69) is 41.2 Å². The predicted octanol–water partition coefficient (Wildman–Crippen LogP) is 12.2. The molecule has 1 saturated heterocycles. The summed E-state index contributed by atoms with van der Waals surface area (Å²) in [7, 11) is 0. The van der Waals surface area contributed by atoms with Crippen LogP contribution < -0.4 is 10.6 Å². The molecule has 1 aliphatic rings. The second-order valence-corrected chi connectivity index (χ2v) is 19.4. The first-order valence-electron chi connectivity index (χ1n) is 27.8. The first kappa shape index (κ1) is 60.3. The van der Waals surface area contributed by atoms with Crippen LogP contribution in [0.25, 0.3) is 0 Å². The molecule has 3 N–H and O–H groups in total. The molecule has 0 aromatic rings. The number of ether oxygens (including phenoxy) is 2. The van der Waals surface area contributed by atoms with Crippen molar-refractivity contribution in [3.63, 3.8) is 0 Å². The highest BCUT2D eigenvalue weighted by atomic mass is 16.5. The van der Waals surface area contributed by atoms with Crippen LogP contribution >= 0.6 is 0 Å². The zero-order valence-corrected chi connectivity index (χ0v) is 42.6. The Kier molecular flexibility index (Phi) is 43.7. The van der Waals surface area contributed by atoms with Gasteiger partial charge in [-0.3, -0.25) is 19.3 Å². The molecule has 0 aromatic heterocycles. The lowest BCUT2D eigenvalue weighted by molar-refractivity contribution is -0.150. The lowest BCUT2D eigenvalue weighted by atomic mass is 10.0. The molecule has 10 nitrogen and oxygen atoms in total. The van der Waals surface area contributed by atoms with E-state index in [0.29, 0.717) is 39.1 Å². The third-order valence-corrected chi connectivity index (χ3v) is 13.1. The van der Waals surface area contributed by atoms with Crippen molar-refractivity contribution in [1.29, 1.82) is 0 Å². The fourth-order valence-corrected chi connectivity index (χ4v) is 8.94. The maximum Gasteiger partial charge on any atom is 0.306 e. The predicted molar refractivity (Wildman–Crippen MR) is 269 cm³/mol. The van der Waals surface area contributed by atoms with Crippen LogP contribution in [0, 0.1) is 0 Å². The summed E-state index contributed by atoms with van der Waals surface area (Å²) in [5.41, 5.74) is 0. The van der Waals surface area contributed by atoms with Gasteiger partial charge in [-0.1, -0.05) is 162 Å². The van der Waals surface area contributed by atoms with Crippen molar-refractivity contribution in [2.45, 2.75) is 264 Å². The summed E-state index contributed by atoms with van der Waals surface area (Å²) in [5.74, 6) is 0.0138. The van der Waals surface area contributed by atoms with Crippen molar-refractivity contribution in [3.05, 3.63) is 0 Å². The van der Waals surface area contributed by atoms with Crippen molar-refractivity contribution in [1.82, 2.24) is 20.4 Å². The molecule has 1 unspecified atom stereocenters. The summed E-state index contributed by atoms with van der Waals surface area (Å²) in [6.07, 6.45) is 39.7. The highest BCUT2D eigenvalue weighted by molar-refractivity contribution is 5.78. The van der Waals surface area contributed by atoms with Gasteiger partial charge in [-0.15, -0.1) is 0 Å². The molecule has 0 saturated carbocycles. The summed E-state index contributed by atoms with van der Waals surface area (Å²) in [5, 5.41) is 17.4. The Bertz CT molecular complexity index is 1030. The number of amides is 1. The first-order valence-corrected chi connectivity index (χ1v) is 27.8. The molecule has 1 amide bonds. The molecule has 64 heavy (non-hydrogen) atoms. The van der Waals surface area contributed by atoms with E-state index in [4.69, 9.17) is 9.47 Å². The minimum absolute atomic E-state index is 0.00760. The zero-order valence-electron chi connectivity index (χ0n) is 42.6. The highest BCUT2D eigenvalue weighted by Crippen LogP contribution is 2.19. The Morgan fingerprint density at radius 1 is 0.562 bits per heavy atom. The molecule has 1 rings (SSSR count). The summed E-state index contributed by atoms with van der Waals surface area (Å²) >= 11 is 0. The molecular formula is C54H106N4O6. The van der Waals surface area contributed by atoms with Crippen molar-refractivity contribution in [3.8, 4) is 0 Å². The number of nitrogens with one attached hydrogen (secondary N) is 2. The van der Waals surface area contributed by atoms with Gasteiger partial charge in [-0.25, -0.2) is 0 Å². The van der Waals surface area contributed by atoms with E-state index in [-0.39, 0.29) is 23.9 Å². The van der Waals surface area contributed by atoms with E-state index in [0.717, 1.165) is 148 Å². The first-order chi connectivity index (χ1) is 31.4. The number of esters is 2. The number of hydrogen-bond acceptors (Lipinski definition) is 9. The second-order valence-electron chi connectivity index (χ2n) is 19.4. The molecule has 1 fully saturated rings. The highest BCUT2D eigenvalue weighted by Gasteiger charge is 2.16. The standard InChI is InChI=1S/C54H106N4O6/c1-4-7-10-13-16-17-18-24-34-47-63-53(61)38-29-25-33-44-57(48-50(59)35-30-31-40-56-52(60)49-58-45-41-55-42-46-58)43-32-23-19-22-28-39-54(62)64-51(36-26-20-14-11-8-5-2)37-27-21-15-12-9-6-3/h50-51,55,59H,4-49H2,1-3H3,(H,56,60). The number of rotatable bonds is 48. The van der Waals surface area contributed by atoms with Gasteiger partial charge in [0.2, 0.25) is 5.91 Å². The molecule has 0 bridgehead atoms. The van der Waals surface area contributed by atoms with Crippen molar-refractivity contribution in [2.24, 2.45) is 0 Å². The summed E-state index contributed by atoms with van der Waals surface area (Å²) in [6, 6.07) is 0. The van der Waals surface area contributed by atoms with E-state index >= 15 is 0 Å². The topological polar surface area (TPSA) is 120 Å². The maximum absolute atomic E-state index is 12.9. The number of piperazine rings is 1. The second kappa shape index (κ2) is 46.4. The van der Waals surface area contributed by atoms with Gasteiger partial charge in [-0.05, 0) is 90.1 Å². The minimum atomic E-state index is -0.399. The maximum atomic E-state index is 12.9. The van der Waals surface area contributed by atoms with Crippen LogP contribution in [-0.2, 0) is 23.9 Å². The molecule has 0 aromatic carbocycles. The van der Waals surface area contributed by atoms with Crippen molar-refractivity contribution < 1.29 is 29.0 Å². The Morgan fingerprint density at radius 3 is 1.58 bits per heavy atom. The van der Waals surface area contributed by atoms with Gasteiger partial charge in [0.1, 0.15) is 6.10 Å². The van der Waals surface area contributed by atoms with Gasteiger partial charge in [0, 0.05) is 52.1 Å². The fraction of sp³-hybridized carbons (Fsp3) is 0.944. The number of nitrogens with zero attached hydrogens (tertiary/aromatic N) is 2. The Balaban J connectivity index is 2.40. The molecule has 1 heterocycles. The molecule has 0 radical (unpaired) electrons. The number of aliphatic hydroxyl groups excluding tert-OH is 1. The van der Waals surface area contributed by atoms with Crippen molar-refractivity contribution >= 4 is 17.8 Å². The van der Waals surface area contributed by atoms with E-state index in [1.54, 1.807) is 0 Å². The SMILES string of the molecule is CCCCCCCCCCCOC(=O)CCCCCN(CCCCCCCC(=O)OC(CCCCCCCC)CCCCCCCC)CC(O)CCCCNC(=O)CN1CCNCC1. The molecule has 0 aliphatic carbocycles. The molecular weight excluding hydrogens is 801 g/mol. The molecule has 10 heteroatoms. The van der Waals surface area contributed by atoms with E-state index < -0.39 is 6.10 Å². The average Bonchev–Trinajstić information content (AvgIpc) is 3.28. The smallest absolute Gasteiger partial charge is 0.306 e. The third kappa shape index (κ3) is 40.5. The molecule has 1 atom stereocenters. The summed E-state index contributed by atoms with van der Waals surface area (Å²) in [4.78, 5) is 42.2. The number of aliphatic hydroxyl groups is 1. The summed E-state index contributed by atoms with van der Waals surface area (Å²) < 4.78 is 11.6. The van der Waals surface area contributed by atoms with Crippen LogP contribution in [0.3, 0.4) is 0 Å². The van der Waals surface area contributed by atoms with E-state index in [1.165, 1.54) is 109 Å². The number of carbonyl (C=O) groups excluding carboxylic acids is 3. The lowest BCUT2D eigenvalue weighted by Crippen LogP contribution is -2.47. The van der Waals surface area contributed by atoms with Gasteiger partial charge in [0.15, 0.2) is 0 Å². The quantitative estimate of drug-likeness (QED) is 0.0405. The zero-order chi connectivity index (χ0) is 46.4. The van der Waals surface area contributed by atoms with Crippen LogP contribution in [0.2, 0.25) is 0 Å². The number of hydrogen-bond donors (Lipinski definition) is 3. The Hall–Kier alpha value is -1.75. The van der Waals surface area contributed by atoms with Crippen LogP contribution in [0.5, 0.6) is 0 Å². The monoisotopic (exact) mass is 907 g/mol. The normalized spacial score (nSPS) is 13.8. The Morgan fingerprint density at radius 2 is 1.02 bits per heavy atom. The molecule has 0 spiro atoms. The van der Waals surface area contributed by atoms with E-state index in [9.17, 15) is 19.5 Å².